The lowest BCUT2D eigenvalue weighted by Gasteiger charge is -2.23. The minimum absolute atomic E-state index is 0.350. The molecule has 3 N–H and O–H groups in total. The van der Waals surface area contributed by atoms with Crippen molar-refractivity contribution in [3.63, 3.8) is 0 Å². The van der Waals surface area contributed by atoms with E-state index < -0.39 is 0 Å². The number of methoxy groups -OCH3 is 1. The number of rotatable bonds is 5. The van der Waals surface area contributed by atoms with Crippen molar-refractivity contribution in [2.24, 2.45) is 0 Å². The Hall–Kier alpha value is -1.36. The summed E-state index contributed by atoms with van der Waals surface area (Å²) in [5.41, 5.74) is 7.86. The third-order valence-corrected chi connectivity index (χ3v) is 4.99. The number of nitrogens with one attached hydrogen (secondary N) is 1. The Morgan fingerprint density at radius 1 is 1.50 bits per heavy atom. The van der Waals surface area contributed by atoms with Crippen LogP contribution < -0.4 is 11.1 Å². The molecular weight excluding hydrogens is 272 g/mol. The SMILES string of the molecule is CCSC1CCCC1Nc1c(N)cccc1C(=O)OC. The number of hydrogen-bond donors (Lipinski definition) is 2. The van der Waals surface area contributed by atoms with E-state index in [4.69, 9.17) is 10.5 Å². The van der Waals surface area contributed by atoms with Crippen LogP contribution in [0.5, 0.6) is 0 Å². The summed E-state index contributed by atoms with van der Waals surface area (Å²) >= 11 is 1.97. The van der Waals surface area contributed by atoms with Crippen LogP contribution in [0.1, 0.15) is 36.5 Å². The Balaban J connectivity index is 2.22. The van der Waals surface area contributed by atoms with Crippen molar-refractivity contribution in [3.8, 4) is 0 Å². The van der Waals surface area contributed by atoms with Gasteiger partial charge in [0.1, 0.15) is 0 Å². The number of hydrogen-bond acceptors (Lipinski definition) is 5. The normalized spacial score (nSPS) is 21.7. The molecule has 2 rings (SSSR count). The Morgan fingerprint density at radius 2 is 2.30 bits per heavy atom. The Labute approximate surface area is 124 Å². The van der Waals surface area contributed by atoms with E-state index in [0.29, 0.717) is 28.2 Å². The molecule has 0 amide bonds. The standard InChI is InChI=1S/C15H22N2O2S/c1-3-20-13-9-5-8-12(13)17-14-10(15(18)19-2)6-4-7-11(14)16/h4,6-7,12-13,17H,3,5,8-9,16H2,1-2H3. The molecular formula is C15H22N2O2S. The van der Waals surface area contributed by atoms with Crippen LogP contribution in [0.15, 0.2) is 18.2 Å². The maximum Gasteiger partial charge on any atom is 0.340 e. The second-order valence-electron chi connectivity index (χ2n) is 4.94. The van der Waals surface area contributed by atoms with Crippen LogP contribution in [0.25, 0.3) is 0 Å². The molecule has 0 aromatic heterocycles. The molecule has 1 aliphatic rings. The highest BCUT2D eigenvalue weighted by Crippen LogP contribution is 2.34. The van der Waals surface area contributed by atoms with Crippen LogP contribution in [0.4, 0.5) is 11.4 Å². The quantitative estimate of drug-likeness (QED) is 0.645. The van der Waals surface area contributed by atoms with Crippen molar-refractivity contribution >= 4 is 29.1 Å². The summed E-state index contributed by atoms with van der Waals surface area (Å²) in [4.78, 5) is 11.8. The number of carbonyl (C=O) groups is 1. The van der Waals surface area contributed by atoms with E-state index in [1.165, 1.54) is 20.0 Å². The zero-order valence-corrected chi connectivity index (χ0v) is 12.8. The number of para-hydroxylation sites is 1. The Morgan fingerprint density at radius 3 is 3.00 bits per heavy atom. The third kappa shape index (κ3) is 3.20. The summed E-state index contributed by atoms with van der Waals surface area (Å²) in [7, 11) is 1.39. The van der Waals surface area contributed by atoms with Gasteiger partial charge < -0.3 is 15.8 Å². The summed E-state index contributed by atoms with van der Waals surface area (Å²) < 4.78 is 4.83. The average Bonchev–Trinajstić information content (AvgIpc) is 2.88. The highest BCUT2D eigenvalue weighted by molar-refractivity contribution is 7.99. The van der Waals surface area contributed by atoms with Crippen molar-refractivity contribution in [1.82, 2.24) is 0 Å². The van der Waals surface area contributed by atoms with Gasteiger partial charge in [-0.15, -0.1) is 0 Å². The molecule has 110 valence electrons. The molecule has 0 spiro atoms. The maximum absolute atomic E-state index is 11.8. The number of ether oxygens (including phenoxy) is 1. The lowest BCUT2D eigenvalue weighted by atomic mass is 10.1. The second-order valence-corrected chi connectivity index (χ2v) is 6.45. The molecule has 1 aromatic rings. The molecule has 0 saturated heterocycles. The summed E-state index contributed by atoms with van der Waals surface area (Å²) in [5, 5.41) is 4.07. The number of carbonyl (C=O) groups excluding carboxylic acids is 1. The summed E-state index contributed by atoms with van der Waals surface area (Å²) in [5.74, 6) is 0.759. The lowest BCUT2D eigenvalue weighted by molar-refractivity contribution is 0.0602. The van der Waals surface area contributed by atoms with E-state index in [1.807, 2.05) is 17.8 Å². The topological polar surface area (TPSA) is 64.3 Å². The van der Waals surface area contributed by atoms with Crippen LogP contribution in [0.2, 0.25) is 0 Å². The zero-order valence-electron chi connectivity index (χ0n) is 12.0. The molecule has 5 heteroatoms. The van der Waals surface area contributed by atoms with Gasteiger partial charge in [0.15, 0.2) is 0 Å². The van der Waals surface area contributed by atoms with Gasteiger partial charge in [0.2, 0.25) is 0 Å². The molecule has 1 aromatic carbocycles. The minimum Gasteiger partial charge on any atom is -0.465 e. The van der Waals surface area contributed by atoms with Crippen LogP contribution >= 0.6 is 11.8 Å². The predicted octanol–water partition coefficient (Wildman–Crippen LogP) is 3.14. The number of nitrogens with two attached hydrogens (primary N) is 1. The van der Waals surface area contributed by atoms with Crippen molar-refractivity contribution < 1.29 is 9.53 Å². The first-order valence-electron chi connectivity index (χ1n) is 7.02. The summed E-state index contributed by atoms with van der Waals surface area (Å²) in [6.45, 7) is 2.18. The fourth-order valence-corrected chi connectivity index (χ4v) is 3.90. The van der Waals surface area contributed by atoms with E-state index in [0.717, 1.165) is 12.2 Å². The maximum atomic E-state index is 11.8. The van der Waals surface area contributed by atoms with E-state index in [2.05, 4.69) is 12.2 Å². The zero-order chi connectivity index (χ0) is 14.5. The van der Waals surface area contributed by atoms with Crippen molar-refractivity contribution in [1.29, 1.82) is 0 Å². The van der Waals surface area contributed by atoms with E-state index in [-0.39, 0.29) is 5.97 Å². The molecule has 0 radical (unpaired) electrons. The molecule has 20 heavy (non-hydrogen) atoms. The number of anilines is 2. The monoisotopic (exact) mass is 294 g/mol. The van der Waals surface area contributed by atoms with Crippen molar-refractivity contribution in [2.75, 3.05) is 23.9 Å². The molecule has 4 nitrogen and oxygen atoms in total. The van der Waals surface area contributed by atoms with Gasteiger partial charge in [0.05, 0.1) is 24.0 Å². The molecule has 2 atom stereocenters. The first-order valence-corrected chi connectivity index (χ1v) is 8.07. The fourth-order valence-electron chi connectivity index (χ4n) is 2.70. The first-order chi connectivity index (χ1) is 9.67. The van der Waals surface area contributed by atoms with Gasteiger partial charge in [-0.1, -0.05) is 19.4 Å². The molecule has 0 aliphatic heterocycles. The summed E-state index contributed by atoms with van der Waals surface area (Å²) in [6, 6.07) is 5.71. The molecule has 1 fully saturated rings. The minimum atomic E-state index is -0.350. The highest BCUT2D eigenvalue weighted by Gasteiger charge is 2.28. The van der Waals surface area contributed by atoms with Crippen molar-refractivity contribution in [3.05, 3.63) is 23.8 Å². The number of nitrogen functional groups attached to an aromatic ring is 1. The molecule has 0 heterocycles. The van der Waals surface area contributed by atoms with Gasteiger partial charge in [-0.05, 0) is 30.7 Å². The largest absolute Gasteiger partial charge is 0.465 e. The van der Waals surface area contributed by atoms with E-state index in [9.17, 15) is 4.79 Å². The van der Waals surface area contributed by atoms with Gasteiger partial charge >= 0.3 is 5.97 Å². The molecule has 1 aliphatic carbocycles. The van der Waals surface area contributed by atoms with Crippen LogP contribution in [0.3, 0.4) is 0 Å². The molecule has 1 saturated carbocycles. The number of benzene rings is 1. The number of thioether (sulfide) groups is 1. The second kappa shape index (κ2) is 6.88. The molecule has 0 bridgehead atoms. The van der Waals surface area contributed by atoms with Gasteiger partial charge in [-0.3, -0.25) is 0 Å². The third-order valence-electron chi connectivity index (χ3n) is 3.67. The van der Waals surface area contributed by atoms with Crippen LogP contribution in [-0.2, 0) is 4.74 Å². The van der Waals surface area contributed by atoms with Gasteiger partial charge in [-0.25, -0.2) is 4.79 Å². The average molecular weight is 294 g/mol. The van der Waals surface area contributed by atoms with Gasteiger partial charge in [-0.2, -0.15) is 11.8 Å². The Kier molecular flexibility index (Phi) is 5.17. The van der Waals surface area contributed by atoms with E-state index in [1.54, 1.807) is 12.1 Å². The predicted molar refractivity (Wildman–Crippen MR) is 85.4 cm³/mol. The van der Waals surface area contributed by atoms with Crippen molar-refractivity contribution in [2.45, 2.75) is 37.5 Å². The highest BCUT2D eigenvalue weighted by atomic mass is 32.2. The first kappa shape index (κ1) is 15.0. The fraction of sp³-hybridized carbons (Fsp3) is 0.533. The van der Waals surface area contributed by atoms with Gasteiger partial charge in [0.25, 0.3) is 0 Å². The molecule has 2 unspecified atom stereocenters. The van der Waals surface area contributed by atoms with E-state index >= 15 is 0 Å². The Bertz CT molecular complexity index is 479. The number of esters is 1. The summed E-state index contributed by atoms with van der Waals surface area (Å²) in [6.07, 6.45) is 3.55. The van der Waals surface area contributed by atoms with Crippen LogP contribution in [-0.4, -0.2) is 30.1 Å². The van der Waals surface area contributed by atoms with Gasteiger partial charge in [0, 0.05) is 11.3 Å². The van der Waals surface area contributed by atoms with Crippen LogP contribution in [0, 0.1) is 0 Å². The lowest BCUT2D eigenvalue weighted by Crippen LogP contribution is -2.27. The smallest absolute Gasteiger partial charge is 0.340 e.